The molecule has 0 amide bonds. The van der Waals surface area contributed by atoms with Crippen LogP contribution in [0.1, 0.15) is 49.2 Å². The van der Waals surface area contributed by atoms with Crippen molar-refractivity contribution in [1.82, 2.24) is 0 Å². The Morgan fingerprint density at radius 2 is 1.61 bits per heavy atom. The molecular formula is C20H21NO2. The van der Waals surface area contributed by atoms with E-state index in [-0.39, 0.29) is 11.2 Å². The SMILES string of the molecule is C[C@H](Oc1ccc(C#N)cc1)C(=O)c1ccc(C(C)(C)C)cc1. The van der Waals surface area contributed by atoms with E-state index in [2.05, 4.69) is 26.8 Å². The fourth-order valence-corrected chi connectivity index (χ4v) is 2.23. The van der Waals surface area contributed by atoms with Crippen molar-refractivity contribution >= 4 is 5.78 Å². The molecule has 0 aliphatic carbocycles. The quantitative estimate of drug-likeness (QED) is 0.781. The van der Waals surface area contributed by atoms with Crippen LogP contribution in [0.5, 0.6) is 5.75 Å². The topological polar surface area (TPSA) is 50.1 Å². The molecule has 0 aliphatic heterocycles. The number of hydrogen-bond donors (Lipinski definition) is 0. The molecule has 2 aromatic rings. The number of Topliss-reactive ketones (excluding diaryl/α,β-unsaturated/α-hetero) is 1. The van der Waals surface area contributed by atoms with Crippen LogP contribution < -0.4 is 4.74 Å². The molecular weight excluding hydrogens is 286 g/mol. The minimum absolute atomic E-state index is 0.0604. The summed E-state index contributed by atoms with van der Waals surface area (Å²) in [5, 5.41) is 8.78. The van der Waals surface area contributed by atoms with Crippen molar-refractivity contribution in [3.8, 4) is 11.8 Å². The van der Waals surface area contributed by atoms with Gasteiger partial charge in [-0.2, -0.15) is 5.26 Å². The molecule has 0 N–H and O–H groups in total. The number of nitriles is 1. The van der Waals surface area contributed by atoms with E-state index < -0.39 is 6.10 Å². The van der Waals surface area contributed by atoms with Crippen molar-refractivity contribution in [3.05, 3.63) is 65.2 Å². The molecule has 0 bridgehead atoms. The van der Waals surface area contributed by atoms with Gasteiger partial charge in [0.1, 0.15) is 5.75 Å². The van der Waals surface area contributed by atoms with Gasteiger partial charge in [-0.25, -0.2) is 0 Å². The van der Waals surface area contributed by atoms with Crippen LogP contribution in [0.3, 0.4) is 0 Å². The van der Waals surface area contributed by atoms with E-state index in [0.29, 0.717) is 16.9 Å². The van der Waals surface area contributed by atoms with Crippen molar-refractivity contribution in [2.24, 2.45) is 0 Å². The first-order valence-electron chi connectivity index (χ1n) is 7.63. The minimum Gasteiger partial charge on any atom is -0.483 e. The highest BCUT2D eigenvalue weighted by Crippen LogP contribution is 2.23. The molecule has 118 valence electrons. The average Bonchev–Trinajstić information content (AvgIpc) is 2.54. The van der Waals surface area contributed by atoms with E-state index in [9.17, 15) is 4.79 Å². The van der Waals surface area contributed by atoms with Gasteiger partial charge in [0.05, 0.1) is 11.6 Å². The van der Waals surface area contributed by atoms with Gasteiger partial charge in [0.15, 0.2) is 6.10 Å². The van der Waals surface area contributed by atoms with Crippen LogP contribution in [-0.4, -0.2) is 11.9 Å². The fraction of sp³-hybridized carbons (Fsp3) is 0.300. The maximum atomic E-state index is 12.5. The lowest BCUT2D eigenvalue weighted by Crippen LogP contribution is -2.24. The average molecular weight is 307 g/mol. The predicted octanol–water partition coefficient (Wildman–Crippen LogP) is 4.51. The van der Waals surface area contributed by atoms with Gasteiger partial charge in [-0.05, 0) is 42.2 Å². The van der Waals surface area contributed by atoms with Crippen LogP contribution in [0.15, 0.2) is 48.5 Å². The van der Waals surface area contributed by atoms with Gasteiger partial charge in [0, 0.05) is 5.56 Å². The van der Waals surface area contributed by atoms with Gasteiger partial charge in [-0.3, -0.25) is 4.79 Å². The summed E-state index contributed by atoms with van der Waals surface area (Å²) in [5.74, 6) is 0.519. The van der Waals surface area contributed by atoms with E-state index in [1.165, 1.54) is 5.56 Å². The molecule has 0 saturated carbocycles. The van der Waals surface area contributed by atoms with Crippen molar-refractivity contribution in [1.29, 1.82) is 5.26 Å². The summed E-state index contributed by atoms with van der Waals surface area (Å²) in [6.45, 7) is 8.15. The maximum Gasteiger partial charge on any atom is 0.202 e. The molecule has 0 saturated heterocycles. The Kier molecular flexibility index (Phi) is 4.86. The highest BCUT2D eigenvalue weighted by molar-refractivity contribution is 5.99. The number of hydrogen-bond acceptors (Lipinski definition) is 3. The largest absolute Gasteiger partial charge is 0.483 e. The highest BCUT2D eigenvalue weighted by atomic mass is 16.5. The van der Waals surface area contributed by atoms with E-state index in [1.54, 1.807) is 31.2 Å². The zero-order valence-corrected chi connectivity index (χ0v) is 14.0. The molecule has 0 fully saturated rings. The Balaban J connectivity index is 2.08. The molecule has 1 atom stereocenters. The van der Waals surface area contributed by atoms with E-state index in [4.69, 9.17) is 10.00 Å². The summed E-state index contributed by atoms with van der Waals surface area (Å²) < 4.78 is 5.67. The minimum atomic E-state index is -0.580. The molecule has 23 heavy (non-hydrogen) atoms. The van der Waals surface area contributed by atoms with Crippen LogP contribution in [-0.2, 0) is 5.41 Å². The number of benzene rings is 2. The molecule has 0 radical (unpaired) electrons. The van der Waals surface area contributed by atoms with Gasteiger partial charge in [-0.1, -0.05) is 45.0 Å². The van der Waals surface area contributed by atoms with Crippen molar-refractivity contribution in [2.75, 3.05) is 0 Å². The molecule has 3 nitrogen and oxygen atoms in total. The van der Waals surface area contributed by atoms with Gasteiger partial charge < -0.3 is 4.74 Å². The van der Waals surface area contributed by atoms with Gasteiger partial charge >= 0.3 is 0 Å². The van der Waals surface area contributed by atoms with Crippen LogP contribution in [0.2, 0.25) is 0 Å². The second kappa shape index (κ2) is 6.66. The number of nitrogens with zero attached hydrogens (tertiary/aromatic N) is 1. The monoisotopic (exact) mass is 307 g/mol. The molecule has 3 heteroatoms. The first kappa shape index (κ1) is 16.8. The first-order valence-corrected chi connectivity index (χ1v) is 7.63. The zero-order chi connectivity index (χ0) is 17.0. The molecule has 0 heterocycles. The number of carbonyl (C=O) groups is 1. The standard InChI is InChI=1S/C20H21NO2/c1-14(23-18-11-5-15(13-21)6-12-18)19(22)16-7-9-17(10-8-16)20(2,3)4/h5-12,14H,1-4H3/t14-/m0/s1. The fourth-order valence-electron chi connectivity index (χ4n) is 2.23. The third kappa shape index (κ3) is 4.20. The summed E-state index contributed by atoms with van der Waals surface area (Å²) >= 11 is 0. The third-order valence-corrected chi connectivity index (χ3v) is 3.70. The Bertz CT molecular complexity index is 716. The number of carbonyl (C=O) groups excluding carboxylic acids is 1. The molecule has 0 spiro atoms. The van der Waals surface area contributed by atoms with Gasteiger partial charge in [0.25, 0.3) is 0 Å². The summed E-state index contributed by atoms with van der Waals surface area (Å²) in [6, 6.07) is 16.5. The predicted molar refractivity (Wildman–Crippen MR) is 90.7 cm³/mol. The van der Waals surface area contributed by atoms with Crippen LogP contribution in [0, 0.1) is 11.3 Å². The summed E-state index contributed by atoms with van der Waals surface area (Å²) in [6.07, 6.45) is -0.580. The summed E-state index contributed by atoms with van der Waals surface area (Å²) in [5.41, 5.74) is 2.45. The highest BCUT2D eigenvalue weighted by Gasteiger charge is 2.19. The van der Waals surface area contributed by atoms with Gasteiger partial charge in [-0.15, -0.1) is 0 Å². The van der Waals surface area contributed by atoms with E-state index in [0.717, 1.165) is 0 Å². The third-order valence-electron chi connectivity index (χ3n) is 3.70. The first-order chi connectivity index (χ1) is 10.8. The van der Waals surface area contributed by atoms with Crippen molar-refractivity contribution in [2.45, 2.75) is 39.2 Å². The summed E-state index contributed by atoms with van der Waals surface area (Å²) in [4.78, 5) is 12.5. The van der Waals surface area contributed by atoms with Crippen LogP contribution >= 0.6 is 0 Å². The van der Waals surface area contributed by atoms with E-state index in [1.807, 2.05) is 24.3 Å². The lowest BCUT2D eigenvalue weighted by molar-refractivity contribution is 0.0818. The van der Waals surface area contributed by atoms with Crippen molar-refractivity contribution < 1.29 is 9.53 Å². The normalized spacial score (nSPS) is 12.3. The van der Waals surface area contributed by atoms with Crippen LogP contribution in [0.25, 0.3) is 0 Å². The Hall–Kier alpha value is -2.60. The smallest absolute Gasteiger partial charge is 0.202 e. The van der Waals surface area contributed by atoms with Gasteiger partial charge in [0.2, 0.25) is 5.78 Å². The van der Waals surface area contributed by atoms with Crippen LogP contribution in [0.4, 0.5) is 0 Å². The lowest BCUT2D eigenvalue weighted by Gasteiger charge is -2.19. The lowest BCUT2D eigenvalue weighted by atomic mass is 9.86. The molecule has 0 aromatic heterocycles. The Morgan fingerprint density at radius 1 is 1.04 bits per heavy atom. The molecule has 0 aliphatic rings. The maximum absolute atomic E-state index is 12.5. The second-order valence-corrected chi connectivity index (χ2v) is 6.59. The van der Waals surface area contributed by atoms with E-state index >= 15 is 0 Å². The number of ether oxygens (including phenoxy) is 1. The molecule has 2 aromatic carbocycles. The molecule has 2 rings (SSSR count). The number of rotatable bonds is 4. The second-order valence-electron chi connectivity index (χ2n) is 6.59. The summed E-state index contributed by atoms with van der Waals surface area (Å²) in [7, 11) is 0. The Labute approximate surface area is 137 Å². The Morgan fingerprint density at radius 3 is 2.09 bits per heavy atom. The number of ketones is 1. The van der Waals surface area contributed by atoms with Crippen molar-refractivity contribution in [3.63, 3.8) is 0 Å². The molecule has 0 unspecified atom stereocenters. The zero-order valence-electron chi connectivity index (χ0n) is 14.0.